The Kier molecular flexibility index (Phi) is 3.43. The Balaban J connectivity index is 1.69. The fourth-order valence-electron chi connectivity index (χ4n) is 2.59. The average molecular weight is 284 g/mol. The molecule has 1 aromatic carbocycles. The van der Waals surface area contributed by atoms with Gasteiger partial charge in [-0.05, 0) is 43.0 Å². The summed E-state index contributed by atoms with van der Waals surface area (Å²) < 4.78 is 0. The van der Waals surface area contributed by atoms with E-state index in [1.165, 1.54) is 0 Å². The third-order valence-electron chi connectivity index (χ3n) is 3.57. The molecule has 1 heterocycles. The Hall–Kier alpha value is -2.63. The van der Waals surface area contributed by atoms with Crippen molar-refractivity contribution in [3.63, 3.8) is 0 Å². The number of phenols is 1. The summed E-state index contributed by atoms with van der Waals surface area (Å²) in [6, 6.07) is 6.70. The minimum Gasteiger partial charge on any atom is -0.508 e. The summed E-state index contributed by atoms with van der Waals surface area (Å²) in [5.41, 5.74) is 2.67. The maximum absolute atomic E-state index is 12.0. The molecule has 1 aliphatic carbocycles. The number of nitrogens with one attached hydrogen (secondary N) is 2. The highest BCUT2D eigenvalue weighted by Crippen LogP contribution is 2.36. The molecule has 21 heavy (non-hydrogen) atoms. The maximum atomic E-state index is 12.0. The first kappa shape index (κ1) is 13.4. The fourth-order valence-corrected chi connectivity index (χ4v) is 2.59. The molecule has 0 saturated heterocycles. The molecule has 1 atom stereocenters. The van der Waals surface area contributed by atoms with Gasteiger partial charge in [-0.3, -0.25) is 5.32 Å². The van der Waals surface area contributed by atoms with E-state index in [-0.39, 0.29) is 18.0 Å². The van der Waals surface area contributed by atoms with Gasteiger partial charge in [0.05, 0.1) is 6.04 Å². The van der Waals surface area contributed by atoms with E-state index in [4.69, 9.17) is 0 Å². The van der Waals surface area contributed by atoms with Crippen LogP contribution in [0.3, 0.4) is 0 Å². The topological polar surface area (TPSA) is 87.1 Å². The molecule has 0 spiro atoms. The molecule has 2 amide bonds. The number of benzene rings is 1. The van der Waals surface area contributed by atoms with Gasteiger partial charge in [-0.15, -0.1) is 0 Å². The summed E-state index contributed by atoms with van der Waals surface area (Å²) in [6.45, 7) is 1.83. The molecule has 0 aliphatic heterocycles. The van der Waals surface area contributed by atoms with Crippen LogP contribution in [0.15, 0.2) is 30.5 Å². The zero-order valence-corrected chi connectivity index (χ0v) is 11.6. The Morgan fingerprint density at radius 2 is 2.24 bits per heavy atom. The van der Waals surface area contributed by atoms with Crippen molar-refractivity contribution in [3.05, 3.63) is 47.3 Å². The number of hydrogen-bond acceptors (Lipinski definition) is 4. The first-order chi connectivity index (χ1) is 10.1. The van der Waals surface area contributed by atoms with Crippen LogP contribution in [-0.4, -0.2) is 21.1 Å². The lowest BCUT2D eigenvalue weighted by Crippen LogP contribution is -2.32. The number of phenolic OH excluding ortho intramolecular Hbond substituents is 1. The molecule has 0 fully saturated rings. The minimum absolute atomic E-state index is 0.100. The standard InChI is InChI=1S/C15H16N4O2/c1-9-7-8-16-14(17-9)19-15(21)18-12-6-5-11-10(12)3-2-4-13(11)20/h2-4,7-8,12,20H,5-6H2,1H3,(H2,16,17,18,19,21). The van der Waals surface area contributed by atoms with E-state index in [0.29, 0.717) is 5.75 Å². The number of carbonyl (C=O) groups excluding carboxylic acids is 1. The van der Waals surface area contributed by atoms with Crippen molar-refractivity contribution in [3.8, 4) is 5.75 Å². The van der Waals surface area contributed by atoms with E-state index >= 15 is 0 Å². The number of urea groups is 1. The van der Waals surface area contributed by atoms with Crippen LogP contribution in [0.2, 0.25) is 0 Å². The van der Waals surface area contributed by atoms with Crippen LogP contribution in [0.1, 0.15) is 29.3 Å². The zero-order valence-electron chi connectivity index (χ0n) is 11.6. The maximum Gasteiger partial charge on any atom is 0.322 e. The number of anilines is 1. The average Bonchev–Trinajstić information content (AvgIpc) is 2.83. The van der Waals surface area contributed by atoms with Crippen LogP contribution < -0.4 is 10.6 Å². The lowest BCUT2D eigenvalue weighted by atomic mass is 10.1. The number of aromatic hydroxyl groups is 1. The number of aryl methyl sites for hydroxylation is 1. The summed E-state index contributed by atoms with van der Waals surface area (Å²) in [6.07, 6.45) is 3.13. The number of carbonyl (C=O) groups is 1. The molecule has 3 rings (SSSR count). The van der Waals surface area contributed by atoms with E-state index in [1.54, 1.807) is 24.4 Å². The second kappa shape index (κ2) is 5.40. The lowest BCUT2D eigenvalue weighted by molar-refractivity contribution is 0.248. The summed E-state index contributed by atoms with van der Waals surface area (Å²) in [7, 11) is 0. The van der Waals surface area contributed by atoms with Gasteiger partial charge in [0.25, 0.3) is 0 Å². The monoisotopic (exact) mass is 284 g/mol. The van der Waals surface area contributed by atoms with E-state index in [2.05, 4.69) is 20.6 Å². The molecule has 1 aromatic heterocycles. The minimum atomic E-state index is -0.346. The summed E-state index contributed by atoms with van der Waals surface area (Å²) in [5, 5.41) is 15.3. The molecule has 1 aliphatic rings. The molecule has 0 saturated carbocycles. The van der Waals surface area contributed by atoms with Crippen molar-refractivity contribution in [1.29, 1.82) is 0 Å². The molecule has 0 bridgehead atoms. The number of aromatic nitrogens is 2. The van der Waals surface area contributed by atoms with Crippen molar-refractivity contribution >= 4 is 12.0 Å². The van der Waals surface area contributed by atoms with Gasteiger partial charge in [0.2, 0.25) is 5.95 Å². The predicted octanol–water partition coefficient (Wildman–Crippen LogP) is 2.30. The van der Waals surface area contributed by atoms with Crippen molar-refractivity contribution in [1.82, 2.24) is 15.3 Å². The molecule has 1 unspecified atom stereocenters. The number of hydrogen-bond donors (Lipinski definition) is 3. The molecular formula is C15H16N4O2. The zero-order chi connectivity index (χ0) is 14.8. The van der Waals surface area contributed by atoms with E-state index in [0.717, 1.165) is 29.7 Å². The summed E-state index contributed by atoms with van der Waals surface area (Å²) >= 11 is 0. The first-order valence-electron chi connectivity index (χ1n) is 6.81. The number of amides is 2. The predicted molar refractivity (Wildman–Crippen MR) is 78.1 cm³/mol. The highest BCUT2D eigenvalue weighted by molar-refractivity contribution is 5.87. The molecular weight excluding hydrogens is 268 g/mol. The van der Waals surface area contributed by atoms with Crippen molar-refractivity contribution in [2.24, 2.45) is 0 Å². The van der Waals surface area contributed by atoms with Crippen LogP contribution in [-0.2, 0) is 6.42 Å². The second-order valence-corrected chi connectivity index (χ2v) is 5.06. The number of rotatable bonds is 2. The van der Waals surface area contributed by atoms with Crippen molar-refractivity contribution in [2.45, 2.75) is 25.8 Å². The first-order valence-corrected chi connectivity index (χ1v) is 6.81. The van der Waals surface area contributed by atoms with E-state index in [9.17, 15) is 9.90 Å². The summed E-state index contributed by atoms with van der Waals surface area (Å²) in [4.78, 5) is 20.1. The smallest absolute Gasteiger partial charge is 0.322 e. The van der Waals surface area contributed by atoms with Crippen molar-refractivity contribution in [2.75, 3.05) is 5.32 Å². The van der Waals surface area contributed by atoms with E-state index < -0.39 is 0 Å². The highest BCUT2D eigenvalue weighted by atomic mass is 16.3. The Bertz CT molecular complexity index is 687. The van der Waals surface area contributed by atoms with Gasteiger partial charge in [0.1, 0.15) is 5.75 Å². The van der Waals surface area contributed by atoms with Gasteiger partial charge in [0, 0.05) is 11.9 Å². The largest absolute Gasteiger partial charge is 0.508 e. The van der Waals surface area contributed by atoms with E-state index in [1.807, 2.05) is 13.0 Å². The highest BCUT2D eigenvalue weighted by Gasteiger charge is 2.26. The quantitative estimate of drug-likeness (QED) is 0.789. The SMILES string of the molecule is Cc1ccnc(NC(=O)NC2CCc3c(O)cccc32)n1. The molecule has 2 aromatic rings. The van der Waals surface area contributed by atoms with Crippen LogP contribution >= 0.6 is 0 Å². The second-order valence-electron chi connectivity index (χ2n) is 5.06. The van der Waals surface area contributed by atoms with Gasteiger partial charge in [-0.2, -0.15) is 0 Å². The van der Waals surface area contributed by atoms with Gasteiger partial charge in [0.15, 0.2) is 0 Å². The van der Waals surface area contributed by atoms with Gasteiger partial charge in [-0.25, -0.2) is 14.8 Å². The summed E-state index contributed by atoms with van der Waals surface area (Å²) in [5.74, 6) is 0.570. The van der Waals surface area contributed by atoms with Gasteiger partial charge >= 0.3 is 6.03 Å². The van der Waals surface area contributed by atoms with Crippen LogP contribution in [0.4, 0.5) is 10.7 Å². The third kappa shape index (κ3) is 2.79. The van der Waals surface area contributed by atoms with Crippen molar-refractivity contribution < 1.29 is 9.90 Å². The van der Waals surface area contributed by atoms with Crippen LogP contribution in [0, 0.1) is 6.92 Å². The molecule has 6 heteroatoms. The molecule has 3 N–H and O–H groups in total. The van der Waals surface area contributed by atoms with Crippen LogP contribution in [0.5, 0.6) is 5.75 Å². The number of fused-ring (bicyclic) bond motifs is 1. The van der Waals surface area contributed by atoms with Gasteiger partial charge < -0.3 is 10.4 Å². The Labute approximate surface area is 122 Å². The Morgan fingerprint density at radius 3 is 3.05 bits per heavy atom. The lowest BCUT2D eigenvalue weighted by Gasteiger charge is -2.14. The fraction of sp³-hybridized carbons (Fsp3) is 0.267. The Morgan fingerprint density at radius 1 is 1.38 bits per heavy atom. The number of nitrogens with zero attached hydrogens (tertiary/aromatic N) is 2. The normalized spacial score (nSPS) is 16.3. The van der Waals surface area contributed by atoms with Gasteiger partial charge in [-0.1, -0.05) is 12.1 Å². The molecule has 6 nitrogen and oxygen atoms in total. The molecule has 108 valence electrons. The molecule has 0 radical (unpaired) electrons. The van der Waals surface area contributed by atoms with Crippen LogP contribution in [0.25, 0.3) is 0 Å². The third-order valence-corrected chi connectivity index (χ3v) is 3.57.